The van der Waals surface area contributed by atoms with Gasteiger partial charge >= 0.3 is 0 Å². The molecule has 2 fully saturated rings. The first-order valence-electron chi connectivity index (χ1n) is 7.47. The zero-order valence-electron chi connectivity index (χ0n) is 12.5. The molecule has 1 spiro atoms. The quantitative estimate of drug-likeness (QED) is 0.776. The van der Waals surface area contributed by atoms with Gasteiger partial charge in [0.05, 0.1) is 0 Å². The second-order valence-electron chi connectivity index (χ2n) is 6.85. The summed E-state index contributed by atoms with van der Waals surface area (Å²) in [5.41, 5.74) is 0.761. The van der Waals surface area contributed by atoms with Crippen LogP contribution in [0.15, 0.2) is 0 Å². The van der Waals surface area contributed by atoms with Crippen molar-refractivity contribution in [2.75, 3.05) is 40.3 Å². The SMILES string of the molecule is CC1CCC2(CCN(CCCN(C)C)CC2)C1.Cl. The van der Waals surface area contributed by atoms with Gasteiger partial charge in [-0.05, 0) is 83.7 Å². The zero-order chi connectivity index (χ0) is 12.3. The number of likely N-dealkylation sites (tertiary alicyclic amines) is 1. The summed E-state index contributed by atoms with van der Waals surface area (Å²) in [4.78, 5) is 4.99. The van der Waals surface area contributed by atoms with Crippen LogP contribution in [-0.4, -0.2) is 50.1 Å². The van der Waals surface area contributed by atoms with Crippen LogP contribution in [0.2, 0.25) is 0 Å². The molecule has 1 atom stereocenters. The van der Waals surface area contributed by atoms with E-state index in [2.05, 4.69) is 30.8 Å². The van der Waals surface area contributed by atoms with Crippen molar-refractivity contribution >= 4 is 12.4 Å². The lowest BCUT2D eigenvalue weighted by Gasteiger charge is -2.39. The summed E-state index contributed by atoms with van der Waals surface area (Å²) in [6, 6.07) is 0. The van der Waals surface area contributed by atoms with Gasteiger partial charge in [-0.3, -0.25) is 0 Å². The molecule has 2 nitrogen and oxygen atoms in total. The van der Waals surface area contributed by atoms with E-state index in [1.807, 2.05) is 0 Å². The Morgan fingerprint density at radius 3 is 2.33 bits per heavy atom. The Morgan fingerprint density at radius 1 is 1.17 bits per heavy atom. The van der Waals surface area contributed by atoms with Crippen molar-refractivity contribution in [3.05, 3.63) is 0 Å². The van der Waals surface area contributed by atoms with E-state index < -0.39 is 0 Å². The Morgan fingerprint density at radius 2 is 1.83 bits per heavy atom. The van der Waals surface area contributed by atoms with Gasteiger partial charge in [-0.25, -0.2) is 0 Å². The maximum Gasteiger partial charge on any atom is -0.000654 e. The van der Waals surface area contributed by atoms with E-state index in [1.54, 1.807) is 0 Å². The normalized spacial score (nSPS) is 27.7. The van der Waals surface area contributed by atoms with E-state index >= 15 is 0 Å². The fourth-order valence-corrected chi connectivity index (χ4v) is 3.81. The number of halogens is 1. The van der Waals surface area contributed by atoms with Crippen molar-refractivity contribution in [1.29, 1.82) is 0 Å². The summed E-state index contributed by atoms with van der Waals surface area (Å²) in [7, 11) is 4.34. The molecule has 108 valence electrons. The molecule has 1 aliphatic carbocycles. The summed E-state index contributed by atoms with van der Waals surface area (Å²) in [5.74, 6) is 0.996. The first-order chi connectivity index (χ1) is 8.10. The molecule has 0 radical (unpaired) electrons. The van der Waals surface area contributed by atoms with E-state index in [0.29, 0.717) is 0 Å². The molecule has 2 rings (SSSR count). The van der Waals surface area contributed by atoms with Gasteiger partial charge in [-0.1, -0.05) is 13.3 Å². The van der Waals surface area contributed by atoms with E-state index in [9.17, 15) is 0 Å². The van der Waals surface area contributed by atoms with Crippen molar-refractivity contribution < 1.29 is 0 Å². The molecular weight excluding hydrogens is 244 g/mol. The van der Waals surface area contributed by atoms with Crippen molar-refractivity contribution in [2.45, 2.75) is 45.4 Å². The molecule has 3 heteroatoms. The summed E-state index contributed by atoms with van der Waals surface area (Å²) in [5, 5.41) is 0. The van der Waals surface area contributed by atoms with Crippen LogP contribution in [0.5, 0.6) is 0 Å². The summed E-state index contributed by atoms with van der Waals surface area (Å²) >= 11 is 0. The largest absolute Gasteiger partial charge is 0.309 e. The number of hydrogen-bond acceptors (Lipinski definition) is 2. The topological polar surface area (TPSA) is 6.48 Å². The number of piperidine rings is 1. The van der Waals surface area contributed by atoms with E-state index in [-0.39, 0.29) is 12.4 Å². The Balaban J connectivity index is 0.00000162. The first kappa shape index (κ1) is 16.3. The van der Waals surface area contributed by atoms with E-state index in [4.69, 9.17) is 0 Å². The molecule has 1 heterocycles. The molecule has 1 saturated carbocycles. The van der Waals surface area contributed by atoms with Crippen LogP contribution in [0, 0.1) is 11.3 Å². The van der Waals surface area contributed by atoms with Gasteiger partial charge in [0.2, 0.25) is 0 Å². The Labute approximate surface area is 120 Å². The highest BCUT2D eigenvalue weighted by molar-refractivity contribution is 5.85. The highest BCUT2D eigenvalue weighted by Crippen LogP contribution is 2.48. The van der Waals surface area contributed by atoms with Gasteiger partial charge in [0.15, 0.2) is 0 Å². The Bertz CT molecular complexity index is 235. The highest BCUT2D eigenvalue weighted by atomic mass is 35.5. The van der Waals surface area contributed by atoms with Gasteiger partial charge in [0.25, 0.3) is 0 Å². The molecule has 0 amide bonds. The van der Waals surface area contributed by atoms with Crippen LogP contribution in [0.4, 0.5) is 0 Å². The predicted molar refractivity (Wildman–Crippen MR) is 81.5 cm³/mol. The van der Waals surface area contributed by atoms with Crippen LogP contribution >= 0.6 is 12.4 Å². The zero-order valence-corrected chi connectivity index (χ0v) is 13.3. The van der Waals surface area contributed by atoms with Crippen LogP contribution in [-0.2, 0) is 0 Å². The summed E-state index contributed by atoms with van der Waals surface area (Å²) in [6.07, 6.45) is 8.79. The van der Waals surface area contributed by atoms with Crippen LogP contribution in [0.1, 0.15) is 45.4 Å². The minimum absolute atomic E-state index is 0. The summed E-state index contributed by atoms with van der Waals surface area (Å²) in [6.45, 7) is 7.71. The minimum Gasteiger partial charge on any atom is -0.309 e. The Kier molecular flexibility index (Phi) is 6.43. The van der Waals surface area contributed by atoms with Crippen LogP contribution in [0.25, 0.3) is 0 Å². The predicted octanol–water partition coefficient (Wildman–Crippen LogP) is 3.26. The average Bonchev–Trinajstić information content (AvgIpc) is 2.63. The fraction of sp³-hybridized carbons (Fsp3) is 1.00. The third-order valence-electron chi connectivity index (χ3n) is 4.95. The lowest BCUT2D eigenvalue weighted by molar-refractivity contribution is 0.103. The van der Waals surface area contributed by atoms with Crippen molar-refractivity contribution in [3.8, 4) is 0 Å². The number of hydrogen-bond donors (Lipinski definition) is 0. The maximum atomic E-state index is 2.69. The van der Waals surface area contributed by atoms with E-state index in [1.165, 1.54) is 64.7 Å². The van der Waals surface area contributed by atoms with Crippen molar-refractivity contribution in [1.82, 2.24) is 9.80 Å². The smallest absolute Gasteiger partial charge is 0.000654 e. The van der Waals surface area contributed by atoms with Gasteiger partial charge in [-0.15, -0.1) is 12.4 Å². The lowest BCUT2D eigenvalue weighted by Crippen LogP contribution is -2.40. The average molecular weight is 275 g/mol. The number of rotatable bonds is 4. The monoisotopic (exact) mass is 274 g/mol. The molecule has 1 aliphatic heterocycles. The molecular formula is C15H31ClN2. The standard InChI is InChI=1S/C15H30N2.ClH/c1-14-5-6-15(13-14)7-11-17(12-8-15)10-4-9-16(2)3;/h14H,4-13H2,1-3H3;1H. The van der Waals surface area contributed by atoms with Gasteiger partial charge in [-0.2, -0.15) is 0 Å². The highest BCUT2D eigenvalue weighted by Gasteiger charge is 2.39. The first-order valence-corrected chi connectivity index (χ1v) is 7.47. The maximum absolute atomic E-state index is 2.69. The second kappa shape index (κ2) is 7.12. The minimum atomic E-state index is 0. The van der Waals surface area contributed by atoms with Crippen molar-refractivity contribution in [2.24, 2.45) is 11.3 Å². The van der Waals surface area contributed by atoms with E-state index in [0.717, 1.165) is 11.3 Å². The van der Waals surface area contributed by atoms with Gasteiger partial charge in [0.1, 0.15) is 0 Å². The third-order valence-corrected chi connectivity index (χ3v) is 4.95. The molecule has 1 unspecified atom stereocenters. The molecule has 18 heavy (non-hydrogen) atoms. The Hall–Kier alpha value is 0.210. The molecule has 0 aromatic rings. The van der Waals surface area contributed by atoms with Gasteiger partial charge in [0, 0.05) is 0 Å². The molecule has 0 aromatic carbocycles. The van der Waals surface area contributed by atoms with Crippen molar-refractivity contribution in [3.63, 3.8) is 0 Å². The number of nitrogens with zero attached hydrogens (tertiary/aromatic N) is 2. The summed E-state index contributed by atoms with van der Waals surface area (Å²) < 4.78 is 0. The third kappa shape index (κ3) is 4.40. The van der Waals surface area contributed by atoms with Crippen LogP contribution < -0.4 is 0 Å². The van der Waals surface area contributed by atoms with Gasteiger partial charge < -0.3 is 9.80 Å². The molecule has 0 aromatic heterocycles. The fourth-order valence-electron chi connectivity index (χ4n) is 3.81. The molecule has 0 N–H and O–H groups in total. The second-order valence-corrected chi connectivity index (χ2v) is 6.85. The molecule has 2 aliphatic rings. The lowest BCUT2D eigenvalue weighted by atomic mass is 9.76. The molecule has 1 saturated heterocycles. The van der Waals surface area contributed by atoms with Crippen LogP contribution in [0.3, 0.4) is 0 Å². The molecule has 0 bridgehead atoms.